The lowest BCUT2D eigenvalue weighted by atomic mass is 10.0. The number of nitrogens with one attached hydrogen (secondary N) is 2. The summed E-state index contributed by atoms with van der Waals surface area (Å²) in [5.41, 5.74) is 5.97. The third kappa shape index (κ3) is 6.04. The number of rotatable bonds is 9. The van der Waals surface area contributed by atoms with Crippen molar-refractivity contribution in [1.29, 1.82) is 0 Å². The molecule has 0 aliphatic heterocycles. The van der Waals surface area contributed by atoms with Crippen molar-refractivity contribution in [2.75, 3.05) is 0 Å². The minimum absolute atomic E-state index is 0.0797. The second-order valence-electron chi connectivity index (χ2n) is 8.23. The largest absolute Gasteiger partial charge is 0.507 e. The zero-order chi connectivity index (χ0) is 25.3. The molecule has 8 nitrogen and oxygen atoms in total. The molecule has 4 rings (SSSR count). The van der Waals surface area contributed by atoms with Gasteiger partial charge in [0.2, 0.25) is 11.8 Å². The molecule has 36 heavy (non-hydrogen) atoms. The summed E-state index contributed by atoms with van der Waals surface area (Å²) in [6.45, 7) is 0. The van der Waals surface area contributed by atoms with Crippen LogP contribution in [0.25, 0.3) is 21.5 Å². The van der Waals surface area contributed by atoms with Crippen LogP contribution in [0.4, 0.5) is 0 Å². The van der Waals surface area contributed by atoms with Gasteiger partial charge in [-0.05, 0) is 46.5 Å². The summed E-state index contributed by atoms with van der Waals surface area (Å²) >= 11 is 0. The van der Waals surface area contributed by atoms with Gasteiger partial charge in [0.05, 0.1) is 12.4 Å². The number of carbonyl (C=O) groups is 2. The highest BCUT2D eigenvalue weighted by atomic mass is 16.3. The Morgan fingerprint density at radius 3 is 1.50 bits per heavy atom. The van der Waals surface area contributed by atoms with Gasteiger partial charge in [-0.2, -0.15) is 10.2 Å². The molecule has 4 N–H and O–H groups in total. The van der Waals surface area contributed by atoms with Crippen molar-refractivity contribution in [2.24, 2.45) is 10.2 Å². The van der Waals surface area contributed by atoms with Crippen LogP contribution in [0.2, 0.25) is 0 Å². The van der Waals surface area contributed by atoms with Crippen LogP contribution in [-0.4, -0.2) is 34.5 Å². The van der Waals surface area contributed by atoms with Gasteiger partial charge in [0.15, 0.2) is 0 Å². The van der Waals surface area contributed by atoms with Gasteiger partial charge >= 0.3 is 0 Å². The van der Waals surface area contributed by atoms with Crippen molar-refractivity contribution in [2.45, 2.75) is 25.7 Å². The van der Waals surface area contributed by atoms with Gasteiger partial charge in [0, 0.05) is 24.0 Å². The summed E-state index contributed by atoms with van der Waals surface area (Å²) in [6.07, 6.45) is 4.27. The first-order valence-corrected chi connectivity index (χ1v) is 11.6. The topological polar surface area (TPSA) is 123 Å². The molecule has 4 aromatic rings. The molecule has 4 aromatic carbocycles. The van der Waals surface area contributed by atoms with Crippen LogP contribution < -0.4 is 10.9 Å². The molecular weight excluding hydrogens is 456 g/mol. The highest BCUT2D eigenvalue weighted by Gasteiger charge is 2.07. The predicted molar refractivity (Wildman–Crippen MR) is 141 cm³/mol. The van der Waals surface area contributed by atoms with E-state index in [4.69, 9.17) is 0 Å². The Labute approximate surface area is 208 Å². The van der Waals surface area contributed by atoms with E-state index in [2.05, 4.69) is 21.1 Å². The van der Waals surface area contributed by atoms with Crippen molar-refractivity contribution < 1.29 is 19.8 Å². The van der Waals surface area contributed by atoms with Gasteiger partial charge in [0.25, 0.3) is 0 Å². The van der Waals surface area contributed by atoms with Crippen LogP contribution in [0.15, 0.2) is 83.0 Å². The van der Waals surface area contributed by atoms with E-state index in [0.717, 1.165) is 21.5 Å². The van der Waals surface area contributed by atoms with Crippen LogP contribution in [0.5, 0.6) is 11.5 Å². The lowest BCUT2D eigenvalue weighted by Crippen LogP contribution is -2.19. The smallest absolute Gasteiger partial charge is 0.240 e. The summed E-state index contributed by atoms with van der Waals surface area (Å²) in [4.78, 5) is 24.1. The summed E-state index contributed by atoms with van der Waals surface area (Å²) in [5.74, 6) is -0.404. The van der Waals surface area contributed by atoms with E-state index in [0.29, 0.717) is 24.0 Å². The monoisotopic (exact) mass is 482 g/mol. The van der Waals surface area contributed by atoms with Gasteiger partial charge in [-0.1, -0.05) is 60.7 Å². The van der Waals surface area contributed by atoms with E-state index < -0.39 is 0 Å². The molecule has 8 heteroatoms. The Balaban J connectivity index is 1.20. The predicted octanol–water partition coefficient (Wildman–Crippen LogP) is 4.57. The summed E-state index contributed by atoms with van der Waals surface area (Å²) in [6, 6.07) is 22.0. The van der Waals surface area contributed by atoms with Gasteiger partial charge in [-0.25, -0.2) is 10.9 Å². The number of carbonyl (C=O) groups excluding carboxylic acids is 2. The molecule has 0 bridgehead atoms. The molecule has 0 aliphatic rings. The first-order chi connectivity index (χ1) is 17.5. The number of benzene rings is 4. The number of nitrogens with zero attached hydrogens (tertiary/aromatic N) is 2. The summed E-state index contributed by atoms with van der Waals surface area (Å²) < 4.78 is 0. The lowest BCUT2D eigenvalue weighted by molar-refractivity contribution is -0.123. The molecule has 0 spiro atoms. The Kier molecular flexibility index (Phi) is 7.87. The van der Waals surface area contributed by atoms with Crippen molar-refractivity contribution >= 4 is 45.8 Å². The van der Waals surface area contributed by atoms with Crippen LogP contribution >= 0.6 is 0 Å². The first-order valence-electron chi connectivity index (χ1n) is 11.6. The zero-order valence-corrected chi connectivity index (χ0v) is 19.5. The lowest BCUT2D eigenvalue weighted by Gasteiger charge is -2.05. The molecular formula is C28H26N4O4. The van der Waals surface area contributed by atoms with Gasteiger partial charge in [-0.3, -0.25) is 9.59 Å². The SMILES string of the molecule is O=C(CCCCC(=O)N/N=C\c1c(O)ccc2ccccc12)N/N=C\c1c(O)ccc2ccccc12. The summed E-state index contributed by atoms with van der Waals surface area (Å²) in [7, 11) is 0. The van der Waals surface area contributed by atoms with E-state index in [-0.39, 0.29) is 36.2 Å². The van der Waals surface area contributed by atoms with Gasteiger partial charge < -0.3 is 10.2 Å². The van der Waals surface area contributed by atoms with Crippen LogP contribution in [0, 0.1) is 0 Å². The number of phenols is 2. The number of fused-ring (bicyclic) bond motifs is 2. The van der Waals surface area contributed by atoms with E-state index in [1.165, 1.54) is 12.4 Å². The Morgan fingerprint density at radius 1 is 0.639 bits per heavy atom. The molecule has 0 fully saturated rings. The second kappa shape index (κ2) is 11.6. The van der Waals surface area contributed by atoms with Crippen LogP contribution in [-0.2, 0) is 9.59 Å². The van der Waals surface area contributed by atoms with E-state index >= 15 is 0 Å². The minimum Gasteiger partial charge on any atom is -0.507 e. The fourth-order valence-electron chi connectivity index (χ4n) is 3.86. The maximum Gasteiger partial charge on any atom is 0.240 e. The fraction of sp³-hybridized carbons (Fsp3) is 0.143. The number of hydrogen-bond donors (Lipinski definition) is 4. The fourth-order valence-corrected chi connectivity index (χ4v) is 3.86. The number of unbranched alkanes of at least 4 members (excludes halogenated alkanes) is 1. The first kappa shape index (κ1) is 24.4. The molecule has 0 atom stereocenters. The second-order valence-corrected chi connectivity index (χ2v) is 8.23. The Bertz CT molecular complexity index is 1350. The molecule has 0 saturated carbocycles. The number of aromatic hydroxyl groups is 2. The molecule has 0 saturated heterocycles. The molecule has 0 radical (unpaired) electrons. The molecule has 182 valence electrons. The van der Waals surface area contributed by atoms with Gasteiger partial charge in [-0.15, -0.1) is 0 Å². The van der Waals surface area contributed by atoms with E-state index in [9.17, 15) is 19.8 Å². The zero-order valence-electron chi connectivity index (χ0n) is 19.5. The van der Waals surface area contributed by atoms with Crippen molar-refractivity contribution in [3.63, 3.8) is 0 Å². The third-order valence-corrected chi connectivity index (χ3v) is 5.72. The van der Waals surface area contributed by atoms with Gasteiger partial charge in [0.1, 0.15) is 11.5 Å². The van der Waals surface area contributed by atoms with Crippen LogP contribution in [0.1, 0.15) is 36.8 Å². The molecule has 0 heterocycles. The Hall–Kier alpha value is -4.72. The quantitative estimate of drug-likeness (QED) is 0.159. The molecule has 0 aliphatic carbocycles. The maximum absolute atomic E-state index is 12.1. The molecule has 0 aromatic heterocycles. The highest BCUT2D eigenvalue weighted by Crippen LogP contribution is 2.26. The summed E-state index contributed by atoms with van der Waals surface area (Å²) in [5, 5.41) is 31.7. The Morgan fingerprint density at radius 2 is 1.06 bits per heavy atom. The average molecular weight is 483 g/mol. The van der Waals surface area contributed by atoms with E-state index in [1.54, 1.807) is 12.1 Å². The van der Waals surface area contributed by atoms with Crippen molar-refractivity contribution in [3.8, 4) is 11.5 Å². The van der Waals surface area contributed by atoms with E-state index in [1.807, 2.05) is 60.7 Å². The number of hydrogen-bond acceptors (Lipinski definition) is 6. The van der Waals surface area contributed by atoms with Crippen molar-refractivity contribution in [3.05, 3.63) is 83.9 Å². The standard InChI is InChI=1S/C28H26N4O4/c33-25-15-13-19-7-1-3-9-21(19)23(25)17-29-31-27(35)11-5-6-12-28(36)32-30-18-24-22-10-4-2-8-20(22)14-16-26(24)34/h1-4,7-10,13-18,33-34H,5-6,11-12H2,(H,31,35)(H,32,36)/b29-17-,30-18-. The number of amides is 2. The van der Waals surface area contributed by atoms with Crippen LogP contribution in [0.3, 0.4) is 0 Å². The third-order valence-electron chi connectivity index (χ3n) is 5.72. The maximum atomic E-state index is 12.1. The van der Waals surface area contributed by atoms with Crippen molar-refractivity contribution in [1.82, 2.24) is 10.9 Å². The average Bonchev–Trinajstić information content (AvgIpc) is 2.89. The molecule has 0 unspecified atom stereocenters. The number of phenolic OH excluding ortho intramolecular Hbond substituents is 2. The molecule has 2 amide bonds. The normalized spacial score (nSPS) is 11.4. The number of hydrazone groups is 2. The minimum atomic E-state index is -0.282. The highest BCUT2D eigenvalue weighted by molar-refractivity contribution is 6.03.